The number of anilines is 3. The molecule has 196 valence electrons. The third-order valence-corrected chi connectivity index (χ3v) is 8.77. The van der Waals surface area contributed by atoms with E-state index >= 15 is 0 Å². The molecule has 6 aromatic carbocycles. The van der Waals surface area contributed by atoms with Crippen LogP contribution in [0, 0.1) is 0 Å². The molecule has 0 fully saturated rings. The highest BCUT2D eigenvalue weighted by Gasteiger charge is 2.37. The normalized spacial score (nSPS) is 13.3. The van der Waals surface area contributed by atoms with Crippen molar-refractivity contribution in [1.29, 1.82) is 0 Å². The van der Waals surface area contributed by atoms with Gasteiger partial charge in [-0.15, -0.1) is 0 Å². The average Bonchev–Trinajstić information content (AvgIpc) is 3.47. The molecule has 0 saturated heterocycles. The maximum absolute atomic E-state index is 2.43. The van der Waals surface area contributed by atoms with Crippen molar-refractivity contribution in [2.45, 2.75) is 19.3 Å². The van der Waals surface area contributed by atoms with Gasteiger partial charge in [0.05, 0.1) is 16.7 Å². The van der Waals surface area contributed by atoms with Crippen LogP contribution in [0.2, 0.25) is 0 Å². The molecule has 0 spiro atoms. The first kappa shape index (κ1) is 23.8. The Bertz CT molecular complexity index is 2070. The Morgan fingerprint density at radius 1 is 0.512 bits per heavy atom. The maximum atomic E-state index is 2.43. The van der Waals surface area contributed by atoms with Gasteiger partial charge < -0.3 is 9.47 Å². The molecule has 1 aliphatic carbocycles. The molecule has 2 heteroatoms. The van der Waals surface area contributed by atoms with Crippen LogP contribution in [-0.4, -0.2) is 4.57 Å². The molecule has 0 unspecified atom stereocenters. The van der Waals surface area contributed by atoms with Crippen LogP contribution < -0.4 is 4.90 Å². The topological polar surface area (TPSA) is 8.17 Å². The van der Waals surface area contributed by atoms with E-state index in [1.807, 2.05) is 0 Å². The second-order valence-electron chi connectivity index (χ2n) is 11.4. The summed E-state index contributed by atoms with van der Waals surface area (Å²) in [4.78, 5) is 2.43. The predicted molar refractivity (Wildman–Crippen MR) is 173 cm³/mol. The lowest BCUT2D eigenvalue weighted by Crippen LogP contribution is -2.16. The van der Waals surface area contributed by atoms with E-state index in [0.717, 1.165) is 11.4 Å². The van der Waals surface area contributed by atoms with Crippen molar-refractivity contribution in [1.82, 2.24) is 4.57 Å². The number of fused-ring (bicyclic) bond motifs is 6. The molecule has 1 aliphatic rings. The standard InChI is InChI=1S/C39H30N2/c1-39(2)33-20-11-9-19-32(33)38-34(39)21-13-23-36(38)40(27-14-5-3-6-15-27)29-24-25-31-30-18-10-12-22-35(30)41(37(31)26-29)28-16-7-4-8-17-28/h3-26H,1-2H3. The number of hydrogen-bond donors (Lipinski definition) is 0. The highest BCUT2D eigenvalue weighted by atomic mass is 15.1. The predicted octanol–water partition coefficient (Wildman–Crippen LogP) is 10.6. The van der Waals surface area contributed by atoms with E-state index in [9.17, 15) is 0 Å². The van der Waals surface area contributed by atoms with Crippen LogP contribution in [0.3, 0.4) is 0 Å². The lowest BCUT2D eigenvalue weighted by atomic mass is 9.82. The number of aromatic nitrogens is 1. The van der Waals surface area contributed by atoms with Crippen molar-refractivity contribution in [3.8, 4) is 16.8 Å². The van der Waals surface area contributed by atoms with E-state index in [0.29, 0.717) is 0 Å². The molecule has 1 aromatic heterocycles. The quantitative estimate of drug-likeness (QED) is 0.221. The molecule has 0 saturated carbocycles. The number of nitrogens with zero attached hydrogens (tertiary/aromatic N) is 2. The summed E-state index contributed by atoms with van der Waals surface area (Å²) >= 11 is 0. The summed E-state index contributed by atoms with van der Waals surface area (Å²) in [6.45, 7) is 4.69. The van der Waals surface area contributed by atoms with Gasteiger partial charge in [-0.2, -0.15) is 0 Å². The molecular weight excluding hydrogens is 496 g/mol. The molecule has 0 atom stereocenters. The van der Waals surface area contributed by atoms with Gasteiger partial charge in [0.1, 0.15) is 0 Å². The van der Waals surface area contributed by atoms with Crippen LogP contribution in [0.4, 0.5) is 17.1 Å². The summed E-state index contributed by atoms with van der Waals surface area (Å²) in [6.07, 6.45) is 0. The van der Waals surface area contributed by atoms with Crippen molar-refractivity contribution in [3.05, 3.63) is 157 Å². The van der Waals surface area contributed by atoms with E-state index in [4.69, 9.17) is 0 Å². The first-order valence-corrected chi connectivity index (χ1v) is 14.3. The highest BCUT2D eigenvalue weighted by molar-refractivity contribution is 6.10. The second kappa shape index (κ2) is 8.97. The summed E-state index contributed by atoms with van der Waals surface area (Å²) in [5.41, 5.74) is 12.4. The Morgan fingerprint density at radius 2 is 1.17 bits per heavy atom. The number of benzene rings is 6. The molecular formula is C39H30N2. The molecule has 41 heavy (non-hydrogen) atoms. The van der Waals surface area contributed by atoms with Gasteiger partial charge in [0.25, 0.3) is 0 Å². The maximum Gasteiger partial charge on any atom is 0.0561 e. The molecule has 2 nitrogen and oxygen atoms in total. The Balaban J connectivity index is 1.43. The Labute approximate surface area is 240 Å². The summed E-state index contributed by atoms with van der Waals surface area (Å²) in [6, 6.07) is 52.8. The SMILES string of the molecule is CC1(C)c2ccccc2-c2c(N(c3ccccc3)c3ccc4c5ccccc5n(-c5ccccc5)c4c3)cccc21. The minimum absolute atomic E-state index is 0.0615. The zero-order chi connectivity index (χ0) is 27.6. The molecule has 0 amide bonds. The van der Waals surface area contributed by atoms with Crippen molar-refractivity contribution >= 4 is 38.9 Å². The van der Waals surface area contributed by atoms with Crippen LogP contribution in [0.5, 0.6) is 0 Å². The van der Waals surface area contributed by atoms with E-state index in [1.165, 1.54) is 55.4 Å². The summed E-state index contributed by atoms with van der Waals surface area (Å²) in [5, 5.41) is 2.52. The average molecular weight is 527 g/mol. The Hall–Kier alpha value is -5.08. The van der Waals surface area contributed by atoms with Gasteiger partial charge in [-0.1, -0.05) is 111 Å². The van der Waals surface area contributed by atoms with Crippen LogP contribution >= 0.6 is 0 Å². The first-order chi connectivity index (χ1) is 20.1. The molecule has 7 aromatic rings. The number of rotatable bonds is 4. The van der Waals surface area contributed by atoms with Crippen LogP contribution in [-0.2, 0) is 5.41 Å². The number of para-hydroxylation sites is 3. The fourth-order valence-electron chi connectivity index (χ4n) is 6.88. The van der Waals surface area contributed by atoms with Crippen LogP contribution in [0.1, 0.15) is 25.0 Å². The van der Waals surface area contributed by atoms with Crippen molar-refractivity contribution < 1.29 is 0 Å². The second-order valence-corrected chi connectivity index (χ2v) is 11.4. The highest BCUT2D eigenvalue weighted by Crippen LogP contribution is 2.54. The summed E-state index contributed by atoms with van der Waals surface area (Å²) in [5.74, 6) is 0. The molecule has 0 aliphatic heterocycles. The van der Waals surface area contributed by atoms with Gasteiger partial charge >= 0.3 is 0 Å². The first-order valence-electron chi connectivity index (χ1n) is 14.3. The minimum Gasteiger partial charge on any atom is -0.310 e. The van der Waals surface area contributed by atoms with E-state index in [2.05, 4.69) is 169 Å². The largest absolute Gasteiger partial charge is 0.310 e. The zero-order valence-corrected chi connectivity index (χ0v) is 23.3. The zero-order valence-electron chi connectivity index (χ0n) is 23.3. The van der Waals surface area contributed by atoms with Crippen molar-refractivity contribution in [2.24, 2.45) is 0 Å². The van der Waals surface area contributed by atoms with Gasteiger partial charge in [-0.25, -0.2) is 0 Å². The van der Waals surface area contributed by atoms with Crippen molar-refractivity contribution in [2.75, 3.05) is 4.90 Å². The van der Waals surface area contributed by atoms with Crippen LogP contribution in [0.15, 0.2) is 146 Å². The molecule has 0 N–H and O–H groups in total. The Morgan fingerprint density at radius 3 is 2.00 bits per heavy atom. The monoisotopic (exact) mass is 526 g/mol. The smallest absolute Gasteiger partial charge is 0.0561 e. The lowest BCUT2D eigenvalue weighted by molar-refractivity contribution is 0.660. The van der Waals surface area contributed by atoms with Crippen LogP contribution in [0.25, 0.3) is 38.6 Å². The Kier molecular flexibility index (Phi) is 5.20. The van der Waals surface area contributed by atoms with E-state index in [1.54, 1.807) is 0 Å². The van der Waals surface area contributed by atoms with E-state index in [-0.39, 0.29) is 5.41 Å². The molecule has 1 heterocycles. The third-order valence-electron chi connectivity index (χ3n) is 8.77. The van der Waals surface area contributed by atoms with Gasteiger partial charge in [0, 0.05) is 38.8 Å². The number of hydrogen-bond acceptors (Lipinski definition) is 1. The van der Waals surface area contributed by atoms with Crippen molar-refractivity contribution in [3.63, 3.8) is 0 Å². The van der Waals surface area contributed by atoms with Gasteiger partial charge in [-0.05, 0) is 65.2 Å². The lowest BCUT2D eigenvalue weighted by Gasteiger charge is -2.29. The van der Waals surface area contributed by atoms with E-state index < -0.39 is 0 Å². The van der Waals surface area contributed by atoms with Gasteiger partial charge in [0.2, 0.25) is 0 Å². The minimum atomic E-state index is -0.0615. The molecule has 8 rings (SSSR count). The van der Waals surface area contributed by atoms with Gasteiger partial charge in [0.15, 0.2) is 0 Å². The van der Waals surface area contributed by atoms with Gasteiger partial charge in [-0.3, -0.25) is 0 Å². The fourth-order valence-corrected chi connectivity index (χ4v) is 6.88. The third kappa shape index (κ3) is 3.50. The summed E-state index contributed by atoms with van der Waals surface area (Å²) in [7, 11) is 0. The molecule has 0 bridgehead atoms. The molecule has 0 radical (unpaired) electrons. The fraction of sp³-hybridized carbons (Fsp3) is 0.0769. The summed E-state index contributed by atoms with van der Waals surface area (Å²) < 4.78 is 2.39.